The molecule has 0 aromatic heterocycles. The molecule has 1 aromatic rings. The van der Waals surface area contributed by atoms with Gasteiger partial charge in [0, 0.05) is 14.2 Å². The highest BCUT2D eigenvalue weighted by molar-refractivity contribution is 6.13. The zero-order chi connectivity index (χ0) is 15.8. The van der Waals surface area contributed by atoms with Crippen LogP contribution in [0.3, 0.4) is 0 Å². The lowest BCUT2D eigenvalue weighted by Gasteiger charge is -2.29. The Balaban J connectivity index is 3.04. The van der Waals surface area contributed by atoms with Gasteiger partial charge in [-0.05, 0) is 19.1 Å². The molecule has 1 N–H and O–H groups in total. The predicted octanol–water partition coefficient (Wildman–Crippen LogP) is 1.36. The van der Waals surface area contributed by atoms with Crippen molar-refractivity contribution in [2.45, 2.75) is 13.2 Å². The molecule has 0 saturated carbocycles. The van der Waals surface area contributed by atoms with Crippen LogP contribution >= 0.6 is 0 Å². The third kappa shape index (κ3) is 4.28. The average molecular weight is 292 g/mol. The molecule has 7 nitrogen and oxygen atoms in total. The number of urea groups is 2. The summed E-state index contributed by atoms with van der Waals surface area (Å²) in [5.74, 6) is 0. The molecule has 0 heterocycles. The molecule has 1 rings (SSSR count). The molecule has 4 amide bonds. The van der Waals surface area contributed by atoms with Gasteiger partial charge in [-0.1, -0.05) is 18.2 Å². The fourth-order valence-electron chi connectivity index (χ4n) is 1.55. The first-order valence-corrected chi connectivity index (χ1v) is 6.30. The lowest BCUT2D eigenvalue weighted by molar-refractivity contribution is 0.0210. The molecule has 0 saturated heterocycles. The zero-order valence-electron chi connectivity index (χ0n) is 12.2. The van der Waals surface area contributed by atoms with Gasteiger partial charge in [-0.2, -0.15) is 0 Å². The molecule has 113 valence electrons. The third-order valence-electron chi connectivity index (χ3n) is 2.91. The maximum Gasteiger partial charge on any atom is 0.334 e. The maximum atomic E-state index is 12.5. The van der Waals surface area contributed by atoms with Crippen LogP contribution in [-0.2, 0) is 9.53 Å². The lowest BCUT2D eigenvalue weighted by atomic mass is 10.3. The fraction of sp³-hybridized carbons (Fsp3) is 0.357. The largest absolute Gasteiger partial charge is 0.362 e. The van der Waals surface area contributed by atoms with Crippen LogP contribution in [0.5, 0.6) is 0 Å². The van der Waals surface area contributed by atoms with Crippen molar-refractivity contribution in [3.8, 4) is 0 Å². The van der Waals surface area contributed by atoms with Crippen LogP contribution in [0.1, 0.15) is 6.92 Å². The molecule has 7 heteroatoms. The Morgan fingerprint density at radius 3 is 2.48 bits per heavy atom. The molecule has 0 spiro atoms. The molecule has 0 bridgehead atoms. The molecular formula is C14H18N3O4. The second-order valence-electron chi connectivity index (χ2n) is 4.20. The molecule has 0 aliphatic rings. The normalized spacial score (nSPS) is 11.4. The van der Waals surface area contributed by atoms with Crippen molar-refractivity contribution in [1.82, 2.24) is 10.2 Å². The van der Waals surface area contributed by atoms with Crippen LogP contribution in [0.2, 0.25) is 0 Å². The summed E-state index contributed by atoms with van der Waals surface area (Å²) in [7, 11) is 2.98. The first-order chi connectivity index (χ1) is 10.0. The van der Waals surface area contributed by atoms with Gasteiger partial charge in [0.05, 0.1) is 12.2 Å². The van der Waals surface area contributed by atoms with Crippen LogP contribution in [0, 0.1) is 0 Å². The second kappa shape index (κ2) is 8.01. The number of carbonyl (C=O) groups excluding carboxylic acids is 3. The van der Waals surface area contributed by atoms with Gasteiger partial charge in [-0.25, -0.2) is 14.5 Å². The van der Waals surface area contributed by atoms with Crippen LogP contribution < -0.4 is 10.2 Å². The molecule has 0 fully saturated rings. The SMILES string of the molecule is COC(C)N(C)C(=O)N(C(=O)NC[C]=O)c1ccccc1. The molecule has 1 radical (unpaired) electrons. The van der Waals surface area contributed by atoms with Crippen LogP contribution in [-0.4, -0.2) is 50.2 Å². The summed E-state index contributed by atoms with van der Waals surface area (Å²) in [4.78, 5) is 37.0. The molecular weight excluding hydrogens is 274 g/mol. The van der Waals surface area contributed by atoms with E-state index in [1.54, 1.807) is 43.5 Å². The summed E-state index contributed by atoms with van der Waals surface area (Å²) in [5, 5.41) is 2.30. The van der Waals surface area contributed by atoms with Crippen molar-refractivity contribution < 1.29 is 19.1 Å². The Morgan fingerprint density at radius 1 is 1.33 bits per heavy atom. The number of benzene rings is 1. The van der Waals surface area contributed by atoms with Crippen LogP contribution in [0.15, 0.2) is 30.3 Å². The summed E-state index contributed by atoms with van der Waals surface area (Å²) in [6.45, 7) is 1.39. The van der Waals surface area contributed by atoms with Gasteiger partial charge in [-0.3, -0.25) is 4.79 Å². The number of para-hydroxylation sites is 1. The molecule has 0 aliphatic carbocycles. The van der Waals surface area contributed by atoms with E-state index in [1.165, 1.54) is 19.1 Å². The van der Waals surface area contributed by atoms with Crippen LogP contribution in [0.25, 0.3) is 0 Å². The van der Waals surface area contributed by atoms with E-state index in [-0.39, 0.29) is 6.54 Å². The van der Waals surface area contributed by atoms with E-state index in [9.17, 15) is 14.4 Å². The standard InChI is InChI=1S/C14H18N3O4/c1-11(21-3)16(2)14(20)17(13(19)15-9-10-18)12-7-5-4-6-8-12/h4-8,11H,9H2,1-3H3,(H,15,19). The van der Waals surface area contributed by atoms with Crippen molar-refractivity contribution in [3.05, 3.63) is 30.3 Å². The zero-order valence-corrected chi connectivity index (χ0v) is 12.2. The summed E-state index contributed by atoms with van der Waals surface area (Å²) in [5.41, 5.74) is 0.390. The van der Waals surface area contributed by atoms with E-state index in [2.05, 4.69) is 5.32 Å². The number of hydrogen-bond acceptors (Lipinski definition) is 4. The van der Waals surface area contributed by atoms with Gasteiger partial charge in [0.2, 0.25) is 6.29 Å². The molecule has 1 aromatic carbocycles. The second-order valence-corrected chi connectivity index (χ2v) is 4.20. The van der Waals surface area contributed by atoms with Gasteiger partial charge in [0.25, 0.3) is 0 Å². The molecule has 1 unspecified atom stereocenters. The number of nitrogens with zero attached hydrogens (tertiary/aromatic N) is 2. The van der Waals surface area contributed by atoms with Gasteiger partial charge < -0.3 is 15.0 Å². The topological polar surface area (TPSA) is 79.0 Å². The van der Waals surface area contributed by atoms with Crippen molar-refractivity contribution >= 4 is 24.0 Å². The first-order valence-electron chi connectivity index (χ1n) is 6.30. The summed E-state index contributed by atoms with van der Waals surface area (Å²) < 4.78 is 5.06. The average Bonchev–Trinajstić information content (AvgIpc) is 2.52. The first kappa shape index (κ1) is 16.6. The monoisotopic (exact) mass is 292 g/mol. The number of ether oxygens (including phenoxy) is 1. The van der Waals surface area contributed by atoms with Gasteiger partial charge in [-0.15, -0.1) is 0 Å². The fourth-order valence-corrected chi connectivity index (χ4v) is 1.55. The Kier molecular flexibility index (Phi) is 6.35. The van der Waals surface area contributed by atoms with Crippen molar-refractivity contribution in [2.24, 2.45) is 0 Å². The van der Waals surface area contributed by atoms with Gasteiger partial charge in [0.15, 0.2) is 0 Å². The highest BCUT2D eigenvalue weighted by atomic mass is 16.5. The van der Waals surface area contributed by atoms with Gasteiger partial charge in [0.1, 0.15) is 6.23 Å². The minimum atomic E-state index is -0.704. The molecule has 1 atom stereocenters. The Hall–Kier alpha value is -2.41. The highest BCUT2D eigenvalue weighted by Crippen LogP contribution is 2.16. The quantitative estimate of drug-likeness (QED) is 0.831. The number of carbonyl (C=O) groups is 2. The van der Waals surface area contributed by atoms with E-state index in [1.807, 2.05) is 0 Å². The molecule has 21 heavy (non-hydrogen) atoms. The number of nitrogens with one attached hydrogen (secondary N) is 1. The Labute approximate surface area is 123 Å². The number of methoxy groups -OCH3 is 1. The molecule has 0 aliphatic heterocycles. The summed E-state index contributed by atoms with van der Waals surface area (Å²) in [6.07, 6.45) is 1.04. The number of imide groups is 1. The van der Waals surface area contributed by atoms with Crippen molar-refractivity contribution in [1.29, 1.82) is 0 Å². The smallest absolute Gasteiger partial charge is 0.334 e. The Bertz CT molecular complexity index is 492. The van der Waals surface area contributed by atoms with Crippen LogP contribution in [0.4, 0.5) is 15.3 Å². The number of anilines is 1. The number of hydrogen-bond donors (Lipinski definition) is 1. The van der Waals surface area contributed by atoms with E-state index in [4.69, 9.17) is 4.74 Å². The van der Waals surface area contributed by atoms with E-state index in [0.29, 0.717) is 5.69 Å². The van der Waals surface area contributed by atoms with Gasteiger partial charge >= 0.3 is 12.1 Å². The van der Waals surface area contributed by atoms with Crippen molar-refractivity contribution in [2.75, 3.05) is 25.6 Å². The maximum absolute atomic E-state index is 12.5. The Morgan fingerprint density at radius 2 is 1.95 bits per heavy atom. The minimum Gasteiger partial charge on any atom is -0.362 e. The third-order valence-corrected chi connectivity index (χ3v) is 2.91. The van der Waals surface area contributed by atoms with E-state index < -0.39 is 18.3 Å². The number of amides is 4. The van der Waals surface area contributed by atoms with E-state index in [0.717, 1.165) is 4.90 Å². The summed E-state index contributed by atoms with van der Waals surface area (Å²) in [6, 6.07) is 7.14. The predicted molar refractivity (Wildman–Crippen MR) is 77.6 cm³/mol. The van der Waals surface area contributed by atoms with E-state index >= 15 is 0 Å². The van der Waals surface area contributed by atoms with Crippen molar-refractivity contribution in [3.63, 3.8) is 0 Å². The number of rotatable bonds is 5. The lowest BCUT2D eigenvalue weighted by Crippen LogP contribution is -2.52. The highest BCUT2D eigenvalue weighted by Gasteiger charge is 2.28. The minimum absolute atomic E-state index is 0.293. The summed E-state index contributed by atoms with van der Waals surface area (Å²) >= 11 is 0.